The van der Waals surface area contributed by atoms with Crippen molar-refractivity contribution in [1.82, 2.24) is 15.5 Å². The number of nitrogens with zero attached hydrogens (tertiary/aromatic N) is 1. The van der Waals surface area contributed by atoms with Crippen LogP contribution in [0.1, 0.15) is 37.7 Å². The number of likely N-dealkylation sites (N-methyl/N-ethyl adjacent to an activating group) is 1. The first kappa shape index (κ1) is 23.7. The summed E-state index contributed by atoms with van der Waals surface area (Å²) in [5.74, 6) is 0.0511. The number of rotatable bonds is 12. The Balaban J connectivity index is 1.75. The van der Waals surface area contributed by atoms with Crippen molar-refractivity contribution >= 4 is 33.9 Å². The Morgan fingerprint density at radius 3 is 2.69 bits per heavy atom. The molecule has 8 heteroatoms. The molecular formula is C21H31BrN4O3. The van der Waals surface area contributed by atoms with E-state index >= 15 is 0 Å². The lowest BCUT2D eigenvalue weighted by molar-refractivity contribution is -0.125. The third-order valence-corrected chi connectivity index (χ3v) is 6.01. The van der Waals surface area contributed by atoms with Crippen molar-refractivity contribution in [2.45, 2.75) is 56.8 Å². The zero-order chi connectivity index (χ0) is 21.2. The van der Waals surface area contributed by atoms with Crippen LogP contribution >= 0.6 is 15.9 Å². The number of carbonyl (C=O) groups is 3. The number of nitrogens with one attached hydrogen (secondary N) is 2. The van der Waals surface area contributed by atoms with Gasteiger partial charge in [-0.25, -0.2) is 0 Å². The number of carbonyl (C=O) groups excluding carboxylic acids is 3. The smallest absolute Gasteiger partial charge is 0.237 e. The summed E-state index contributed by atoms with van der Waals surface area (Å²) in [6, 6.07) is 7.63. The first-order valence-electron chi connectivity index (χ1n) is 10.1. The molecule has 0 bridgehead atoms. The van der Waals surface area contributed by atoms with E-state index in [1.807, 2.05) is 31.3 Å². The molecule has 7 nitrogen and oxygen atoms in total. The minimum Gasteiger partial charge on any atom is -0.351 e. The highest BCUT2D eigenvalue weighted by Gasteiger charge is 2.34. The Hall–Kier alpha value is -1.61. The van der Waals surface area contributed by atoms with Crippen LogP contribution in [0.3, 0.4) is 0 Å². The normalized spacial score (nSPS) is 20.4. The second kappa shape index (κ2) is 12.2. The zero-order valence-electron chi connectivity index (χ0n) is 16.9. The van der Waals surface area contributed by atoms with E-state index in [2.05, 4.69) is 31.5 Å². The number of likely N-dealkylation sites (tertiary alicyclic amines) is 1. The van der Waals surface area contributed by atoms with E-state index in [4.69, 9.17) is 5.73 Å². The molecule has 1 heterocycles. The van der Waals surface area contributed by atoms with Crippen LogP contribution in [0, 0.1) is 0 Å². The van der Waals surface area contributed by atoms with E-state index in [-0.39, 0.29) is 36.4 Å². The van der Waals surface area contributed by atoms with E-state index in [0.29, 0.717) is 25.9 Å². The Morgan fingerprint density at radius 1 is 1.31 bits per heavy atom. The van der Waals surface area contributed by atoms with Crippen LogP contribution in [-0.2, 0) is 20.9 Å². The van der Waals surface area contributed by atoms with Gasteiger partial charge in [-0.05, 0) is 57.0 Å². The topological polar surface area (TPSA) is 105 Å². The highest BCUT2D eigenvalue weighted by molar-refractivity contribution is 9.10. The molecule has 2 rings (SSSR count). The van der Waals surface area contributed by atoms with E-state index < -0.39 is 0 Å². The van der Waals surface area contributed by atoms with Crippen molar-refractivity contribution in [2.75, 3.05) is 20.1 Å². The summed E-state index contributed by atoms with van der Waals surface area (Å²) in [6.45, 7) is 1.00. The Morgan fingerprint density at radius 2 is 2.03 bits per heavy atom. The molecular weight excluding hydrogens is 436 g/mol. The van der Waals surface area contributed by atoms with Crippen LogP contribution in [0.15, 0.2) is 28.7 Å². The molecule has 4 N–H and O–H groups in total. The van der Waals surface area contributed by atoms with Crippen LogP contribution in [0.25, 0.3) is 0 Å². The van der Waals surface area contributed by atoms with E-state index in [9.17, 15) is 14.4 Å². The Kier molecular flexibility index (Phi) is 9.93. The molecule has 3 atom stereocenters. The summed E-state index contributed by atoms with van der Waals surface area (Å²) < 4.78 is 1.01. The van der Waals surface area contributed by atoms with E-state index in [1.54, 1.807) is 0 Å². The number of hydrogen-bond donors (Lipinski definition) is 3. The quantitative estimate of drug-likeness (QED) is 0.402. The molecule has 0 saturated carbocycles. The van der Waals surface area contributed by atoms with Crippen LogP contribution in [-0.4, -0.2) is 61.1 Å². The molecule has 1 saturated heterocycles. The van der Waals surface area contributed by atoms with Crippen molar-refractivity contribution in [3.8, 4) is 0 Å². The number of hydrogen-bond acceptors (Lipinski definition) is 6. The maximum Gasteiger partial charge on any atom is 0.237 e. The van der Waals surface area contributed by atoms with Crippen molar-refractivity contribution in [3.63, 3.8) is 0 Å². The highest BCUT2D eigenvalue weighted by Crippen LogP contribution is 2.26. The standard InChI is InChI=1S/C21H31BrN4O3/c1-26-18(7-6-17(14-27)24-13-19(28)10-11-23)8-9-20(26)21(29)25-12-15-2-4-16(22)5-3-15/h2-5,14,17-18,20,24H,6-13,23H2,1H3,(H,25,29)/t17-,18?,20?/m0/s1. The summed E-state index contributed by atoms with van der Waals surface area (Å²) in [5, 5.41) is 6.01. The van der Waals surface area contributed by atoms with Gasteiger partial charge in [-0.3, -0.25) is 14.5 Å². The highest BCUT2D eigenvalue weighted by atomic mass is 79.9. The molecule has 1 aromatic carbocycles. The van der Waals surface area contributed by atoms with Crippen LogP contribution < -0.4 is 16.4 Å². The zero-order valence-corrected chi connectivity index (χ0v) is 18.5. The summed E-state index contributed by atoms with van der Waals surface area (Å²) >= 11 is 3.41. The van der Waals surface area contributed by atoms with Crippen molar-refractivity contribution in [1.29, 1.82) is 0 Å². The third kappa shape index (κ3) is 7.62. The van der Waals surface area contributed by atoms with Crippen molar-refractivity contribution < 1.29 is 14.4 Å². The monoisotopic (exact) mass is 466 g/mol. The molecule has 160 valence electrons. The predicted molar refractivity (Wildman–Crippen MR) is 116 cm³/mol. The first-order chi connectivity index (χ1) is 13.9. The second-order valence-electron chi connectivity index (χ2n) is 7.53. The van der Waals surface area contributed by atoms with Crippen molar-refractivity contribution in [2.24, 2.45) is 5.73 Å². The van der Waals surface area contributed by atoms with Gasteiger partial charge in [0.1, 0.15) is 12.1 Å². The van der Waals surface area contributed by atoms with Gasteiger partial charge in [0.25, 0.3) is 0 Å². The SMILES string of the molecule is CN1C(CC[C@@H](C=O)NCC(=O)CCN)CCC1C(=O)NCc1ccc(Br)cc1. The van der Waals surface area contributed by atoms with Gasteiger partial charge in [0, 0.05) is 23.5 Å². The van der Waals surface area contributed by atoms with E-state index in [0.717, 1.165) is 35.6 Å². The Bertz CT molecular complexity index is 683. The third-order valence-electron chi connectivity index (χ3n) is 5.48. The van der Waals surface area contributed by atoms with Gasteiger partial charge in [-0.1, -0.05) is 28.1 Å². The van der Waals surface area contributed by atoms with Gasteiger partial charge >= 0.3 is 0 Å². The maximum atomic E-state index is 12.6. The number of amides is 1. The molecule has 0 spiro atoms. The molecule has 0 aromatic heterocycles. The minimum absolute atomic E-state index is 0.0137. The number of benzene rings is 1. The average molecular weight is 467 g/mol. The lowest BCUT2D eigenvalue weighted by Crippen LogP contribution is -2.44. The fourth-order valence-corrected chi connectivity index (χ4v) is 3.93. The van der Waals surface area contributed by atoms with Gasteiger partial charge < -0.3 is 21.2 Å². The molecule has 1 aliphatic rings. The molecule has 1 fully saturated rings. The number of halogens is 1. The lowest BCUT2D eigenvalue weighted by atomic mass is 10.0. The fourth-order valence-electron chi connectivity index (χ4n) is 3.67. The van der Waals surface area contributed by atoms with Crippen LogP contribution in [0.5, 0.6) is 0 Å². The molecule has 29 heavy (non-hydrogen) atoms. The number of aldehydes is 1. The Labute approximate surface area is 180 Å². The van der Waals surface area contributed by atoms with Crippen molar-refractivity contribution in [3.05, 3.63) is 34.3 Å². The first-order valence-corrected chi connectivity index (χ1v) is 10.9. The number of nitrogens with two attached hydrogens (primary N) is 1. The minimum atomic E-state index is -0.351. The second-order valence-corrected chi connectivity index (χ2v) is 8.45. The number of ketones is 1. The predicted octanol–water partition coefficient (Wildman–Crippen LogP) is 1.38. The molecule has 1 amide bonds. The summed E-state index contributed by atoms with van der Waals surface area (Å²) in [6.07, 6.45) is 4.34. The maximum absolute atomic E-state index is 12.6. The van der Waals surface area contributed by atoms with Gasteiger partial charge in [-0.15, -0.1) is 0 Å². The summed E-state index contributed by atoms with van der Waals surface area (Å²) in [4.78, 5) is 37.6. The molecule has 0 radical (unpaired) electrons. The van der Waals surface area contributed by atoms with Gasteiger partial charge in [-0.2, -0.15) is 0 Å². The number of Topliss-reactive ketones (excluding diaryl/α,β-unsaturated/α-hetero) is 1. The summed E-state index contributed by atoms with van der Waals surface area (Å²) in [5.41, 5.74) is 6.42. The van der Waals surface area contributed by atoms with Gasteiger partial charge in [0.2, 0.25) is 5.91 Å². The van der Waals surface area contributed by atoms with E-state index in [1.165, 1.54) is 0 Å². The fraction of sp³-hybridized carbons (Fsp3) is 0.571. The molecule has 1 aromatic rings. The molecule has 0 aliphatic carbocycles. The molecule has 1 aliphatic heterocycles. The largest absolute Gasteiger partial charge is 0.351 e. The average Bonchev–Trinajstić information content (AvgIpc) is 3.08. The molecule has 2 unspecified atom stereocenters. The van der Waals surface area contributed by atoms with Gasteiger partial charge in [0.15, 0.2) is 0 Å². The van der Waals surface area contributed by atoms with Gasteiger partial charge in [0.05, 0.1) is 18.6 Å². The summed E-state index contributed by atoms with van der Waals surface area (Å²) in [7, 11) is 1.97. The van der Waals surface area contributed by atoms with Crippen LogP contribution in [0.4, 0.5) is 0 Å². The lowest BCUT2D eigenvalue weighted by Gasteiger charge is -2.26. The van der Waals surface area contributed by atoms with Crippen LogP contribution in [0.2, 0.25) is 0 Å².